The second-order valence-electron chi connectivity index (χ2n) is 4.79. The molecule has 0 saturated carbocycles. The van der Waals surface area contributed by atoms with Crippen LogP contribution in [0.25, 0.3) is 0 Å². The minimum Gasteiger partial charge on any atom is -0.385 e. The second-order valence-corrected chi connectivity index (χ2v) is 6.88. The fourth-order valence-corrected chi connectivity index (χ4v) is 3.57. The minimum atomic E-state index is -3.69. The summed E-state index contributed by atoms with van der Waals surface area (Å²) in [5, 5.41) is 3.52. The molecule has 0 unspecified atom stereocenters. The highest BCUT2D eigenvalue weighted by Gasteiger charge is 2.19. The molecule has 21 heavy (non-hydrogen) atoms. The number of nitrogens with one attached hydrogen (secondary N) is 2. The Hall–Kier alpha value is -1.79. The van der Waals surface area contributed by atoms with E-state index in [0.29, 0.717) is 0 Å². The van der Waals surface area contributed by atoms with Crippen LogP contribution in [0.15, 0.2) is 41.4 Å². The lowest BCUT2D eigenvalue weighted by Gasteiger charge is -2.18. The predicted octanol–water partition coefficient (Wildman–Crippen LogP) is 2.89. The number of pyridine rings is 1. The third kappa shape index (κ3) is 2.96. The number of fused-ring (bicyclic) bond motifs is 1. The number of hydrogen-bond donors (Lipinski definition) is 2. The van der Waals surface area contributed by atoms with Gasteiger partial charge in [0.15, 0.2) is 5.82 Å². The summed E-state index contributed by atoms with van der Waals surface area (Å²) in [5.41, 5.74) is 2.01. The zero-order chi connectivity index (χ0) is 14.9. The lowest BCUT2D eigenvalue weighted by Crippen LogP contribution is -2.16. The van der Waals surface area contributed by atoms with E-state index in [1.54, 1.807) is 30.3 Å². The number of rotatable bonds is 3. The van der Waals surface area contributed by atoms with Crippen LogP contribution in [-0.2, 0) is 16.4 Å². The topological polar surface area (TPSA) is 71.1 Å². The van der Waals surface area contributed by atoms with Crippen LogP contribution in [-0.4, -0.2) is 19.9 Å². The van der Waals surface area contributed by atoms with Crippen molar-refractivity contribution < 1.29 is 8.42 Å². The molecule has 110 valence electrons. The van der Waals surface area contributed by atoms with E-state index in [9.17, 15) is 8.42 Å². The van der Waals surface area contributed by atoms with Crippen molar-refractivity contribution in [1.29, 1.82) is 0 Å². The Balaban J connectivity index is 1.93. The van der Waals surface area contributed by atoms with E-state index in [0.717, 1.165) is 30.6 Å². The van der Waals surface area contributed by atoms with E-state index in [1.807, 2.05) is 0 Å². The predicted molar refractivity (Wildman–Crippen MR) is 83.3 cm³/mol. The van der Waals surface area contributed by atoms with Crippen molar-refractivity contribution in [2.75, 3.05) is 16.6 Å². The number of aromatic nitrogens is 1. The van der Waals surface area contributed by atoms with Crippen LogP contribution >= 0.6 is 11.6 Å². The average Bonchev–Trinajstić information content (AvgIpc) is 2.49. The molecule has 1 aromatic heterocycles. The van der Waals surface area contributed by atoms with E-state index < -0.39 is 10.0 Å². The number of nitrogens with zero attached hydrogens (tertiary/aromatic N) is 1. The van der Waals surface area contributed by atoms with Gasteiger partial charge in [-0.2, -0.15) is 0 Å². The molecule has 5 nitrogen and oxygen atoms in total. The van der Waals surface area contributed by atoms with Gasteiger partial charge in [0.25, 0.3) is 10.0 Å². The number of anilines is 2. The molecule has 3 rings (SSSR count). The van der Waals surface area contributed by atoms with Crippen LogP contribution < -0.4 is 10.0 Å². The third-order valence-electron chi connectivity index (χ3n) is 3.31. The summed E-state index contributed by atoms with van der Waals surface area (Å²) in [7, 11) is -3.69. The summed E-state index contributed by atoms with van der Waals surface area (Å²) in [6.07, 6.45) is 3.35. The Morgan fingerprint density at radius 3 is 2.95 bits per heavy atom. The first-order valence-electron chi connectivity index (χ1n) is 6.56. The molecule has 2 aromatic rings. The molecule has 7 heteroatoms. The standard InChI is InChI=1S/C14H14ClN3O2S/c15-12-4-2-8-17-14(12)18-21(19,20)11-5-6-13-10(9-11)3-1-7-16-13/h2,4-6,8-9,16H,1,3,7H2,(H,17,18). The van der Waals surface area contributed by atoms with E-state index in [2.05, 4.69) is 15.0 Å². The van der Waals surface area contributed by atoms with E-state index in [1.165, 1.54) is 6.20 Å². The highest BCUT2D eigenvalue weighted by molar-refractivity contribution is 7.92. The van der Waals surface area contributed by atoms with Crippen molar-refractivity contribution in [3.8, 4) is 0 Å². The Bertz CT molecular complexity index is 778. The largest absolute Gasteiger partial charge is 0.385 e. The van der Waals surface area contributed by atoms with Crippen molar-refractivity contribution in [2.45, 2.75) is 17.7 Å². The van der Waals surface area contributed by atoms with Crippen molar-refractivity contribution >= 4 is 33.1 Å². The Labute approximate surface area is 128 Å². The van der Waals surface area contributed by atoms with Gasteiger partial charge in [-0.3, -0.25) is 4.72 Å². The maximum atomic E-state index is 12.4. The lowest BCUT2D eigenvalue weighted by atomic mass is 10.0. The summed E-state index contributed by atoms with van der Waals surface area (Å²) in [6, 6.07) is 8.30. The van der Waals surface area contributed by atoms with Crippen LogP contribution in [0.5, 0.6) is 0 Å². The third-order valence-corrected chi connectivity index (χ3v) is 4.96. The van der Waals surface area contributed by atoms with Gasteiger partial charge in [-0.25, -0.2) is 13.4 Å². The SMILES string of the molecule is O=S(=O)(Nc1ncccc1Cl)c1ccc2c(c1)CCCN2. The van der Waals surface area contributed by atoms with Gasteiger partial charge in [-0.1, -0.05) is 11.6 Å². The Kier molecular flexibility index (Phi) is 3.73. The number of halogens is 1. The second kappa shape index (κ2) is 5.54. The number of sulfonamides is 1. The smallest absolute Gasteiger partial charge is 0.263 e. The molecule has 0 spiro atoms. The first-order valence-corrected chi connectivity index (χ1v) is 8.42. The zero-order valence-electron chi connectivity index (χ0n) is 11.1. The monoisotopic (exact) mass is 323 g/mol. The molecular weight excluding hydrogens is 310 g/mol. The molecule has 0 atom stereocenters. The number of benzene rings is 1. The highest BCUT2D eigenvalue weighted by atomic mass is 35.5. The quantitative estimate of drug-likeness (QED) is 0.911. The maximum absolute atomic E-state index is 12.4. The highest BCUT2D eigenvalue weighted by Crippen LogP contribution is 2.27. The van der Waals surface area contributed by atoms with Crippen LogP contribution in [0.4, 0.5) is 11.5 Å². The summed E-state index contributed by atoms with van der Waals surface area (Å²) in [4.78, 5) is 4.16. The van der Waals surface area contributed by atoms with Crippen molar-refractivity contribution in [1.82, 2.24) is 4.98 Å². The Morgan fingerprint density at radius 2 is 2.14 bits per heavy atom. The first kappa shape index (κ1) is 14.2. The first-order chi connectivity index (χ1) is 10.1. The summed E-state index contributed by atoms with van der Waals surface area (Å²) >= 11 is 5.93. The van der Waals surface area contributed by atoms with E-state index in [4.69, 9.17) is 11.6 Å². The molecule has 2 N–H and O–H groups in total. The summed E-state index contributed by atoms with van der Waals surface area (Å²) in [6.45, 7) is 0.918. The molecular formula is C14H14ClN3O2S. The van der Waals surface area contributed by atoms with Gasteiger partial charge >= 0.3 is 0 Å². The van der Waals surface area contributed by atoms with Gasteiger partial charge in [0.05, 0.1) is 9.92 Å². The normalized spacial score (nSPS) is 14.1. The number of hydrogen-bond acceptors (Lipinski definition) is 4. The van der Waals surface area contributed by atoms with Crippen LogP contribution in [0.2, 0.25) is 5.02 Å². The lowest BCUT2D eigenvalue weighted by molar-refractivity contribution is 0.601. The van der Waals surface area contributed by atoms with E-state index in [-0.39, 0.29) is 15.7 Å². The van der Waals surface area contributed by atoms with Crippen LogP contribution in [0, 0.1) is 0 Å². The molecule has 0 radical (unpaired) electrons. The molecule has 1 aliphatic heterocycles. The molecule has 2 heterocycles. The van der Waals surface area contributed by atoms with Crippen molar-refractivity contribution in [3.63, 3.8) is 0 Å². The zero-order valence-corrected chi connectivity index (χ0v) is 12.7. The van der Waals surface area contributed by atoms with E-state index >= 15 is 0 Å². The van der Waals surface area contributed by atoms with Crippen LogP contribution in [0.3, 0.4) is 0 Å². The fourth-order valence-electron chi connectivity index (χ4n) is 2.27. The van der Waals surface area contributed by atoms with Gasteiger partial charge < -0.3 is 5.32 Å². The molecule has 0 saturated heterocycles. The molecule has 0 fully saturated rings. The average molecular weight is 324 g/mol. The number of aryl methyl sites for hydroxylation is 1. The van der Waals surface area contributed by atoms with Gasteiger partial charge in [0, 0.05) is 18.4 Å². The Morgan fingerprint density at radius 1 is 1.29 bits per heavy atom. The van der Waals surface area contributed by atoms with Gasteiger partial charge in [0.1, 0.15) is 0 Å². The fraction of sp³-hybridized carbons (Fsp3) is 0.214. The van der Waals surface area contributed by atoms with Crippen LogP contribution in [0.1, 0.15) is 12.0 Å². The molecule has 0 amide bonds. The summed E-state index contributed by atoms with van der Waals surface area (Å²) in [5.74, 6) is 0.134. The molecule has 1 aromatic carbocycles. The molecule has 1 aliphatic rings. The summed E-state index contributed by atoms with van der Waals surface area (Å²) < 4.78 is 27.2. The van der Waals surface area contributed by atoms with Gasteiger partial charge in [0.2, 0.25) is 0 Å². The maximum Gasteiger partial charge on any atom is 0.263 e. The van der Waals surface area contributed by atoms with Gasteiger partial charge in [-0.15, -0.1) is 0 Å². The van der Waals surface area contributed by atoms with Gasteiger partial charge in [-0.05, 0) is 48.7 Å². The molecule has 0 aliphatic carbocycles. The molecule has 0 bridgehead atoms. The minimum absolute atomic E-state index is 0.134. The van der Waals surface area contributed by atoms with Crippen molar-refractivity contribution in [3.05, 3.63) is 47.1 Å². The van der Waals surface area contributed by atoms with Crippen molar-refractivity contribution in [2.24, 2.45) is 0 Å².